The quantitative estimate of drug-likeness (QED) is 0.738. The fourth-order valence-corrected chi connectivity index (χ4v) is 1.21. The van der Waals surface area contributed by atoms with Crippen molar-refractivity contribution in [2.24, 2.45) is 0 Å². The molecule has 0 aromatic heterocycles. The average Bonchev–Trinajstić information content (AvgIpc) is 2.25. The highest BCUT2D eigenvalue weighted by Crippen LogP contribution is 2.11. The average molecular weight is 205 g/mol. The number of hydrogen-bond acceptors (Lipinski definition) is 3. The Balaban J connectivity index is 2.97. The molecule has 15 heavy (non-hydrogen) atoms. The van der Waals surface area contributed by atoms with Crippen molar-refractivity contribution in [3.8, 4) is 0 Å². The van der Waals surface area contributed by atoms with E-state index in [4.69, 9.17) is 5.11 Å². The molecule has 77 valence electrons. The molecule has 0 aliphatic carbocycles. The van der Waals surface area contributed by atoms with Gasteiger partial charge in [-0.15, -0.1) is 0 Å². The first-order valence-electron chi connectivity index (χ1n) is 4.37. The number of benzene rings is 1. The molecule has 0 aliphatic rings. The van der Waals surface area contributed by atoms with Crippen LogP contribution >= 0.6 is 0 Å². The second-order valence-corrected chi connectivity index (χ2v) is 2.92. The number of rotatable bonds is 5. The minimum Gasteiger partial charge on any atom is -0.478 e. The Morgan fingerprint density at radius 1 is 1.20 bits per heavy atom. The number of carboxylic acids is 1. The zero-order valence-electron chi connectivity index (χ0n) is 7.90. The van der Waals surface area contributed by atoms with Gasteiger partial charge >= 0.3 is 5.97 Å². The van der Waals surface area contributed by atoms with E-state index in [0.717, 1.165) is 0 Å². The fourth-order valence-electron chi connectivity index (χ4n) is 1.21. The van der Waals surface area contributed by atoms with E-state index in [1.807, 2.05) is 0 Å². The third-order valence-electron chi connectivity index (χ3n) is 1.91. The zero-order valence-corrected chi connectivity index (χ0v) is 7.90. The topological polar surface area (TPSA) is 71.4 Å². The molecule has 1 aromatic carbocycles. The Morgan fingerprint density at radius 3 is 2.33 bits per heavy atom. The van der Waals surface area contributed by atoms with Crippen LogP contribution in [0.25, 0.3) is 0 Å². The van der Waals surface area contributed by atoms with Crippen LogP contribution in [0.15, 0.2) is 24.3 Å². The van der Waals surface area contributed by atoms with E-state index in [1.54, 1.807) is 18.4 Å². The summed E-state index contributed by atoms with van der Waals surface area (Å²) < 4.78 is 0. The zero-order chi connectivity index (χ0) is 11.3. The third kappa shape index (κ3) is 2.74. The van der Waals surface area contributed by atoms with Crippen molar-refractivity contribution >= 4 is 18.0 Å². The van der Waals surface area contributed by atoms with Crippen molar-refractivity contribution in [3.05, 3.63) is 35.4 Å². The standard InChI is InChI=1S/C11H9O4/c12-7-3-6-10(13)8-4-1-2-5-9(8)11(14)15/h1-2,4-5H,3,6H2,(H,14,15). The van der Waals surface area contributed by atoms with Crippen molar-refractivity contribution in [2.45, 2.75) is 12.8 Å². The minimum atomic E-state index is -1.14. The summed E-state index contributed by atoms with van der Waals surface area (Å²) in [6.07, 6.45) is 1.59. The van der Waals surface area contributed by atoms with E-state index < -0.39 is 5.97 Å². The van der Waals surface area contributed by atoms with Gasteiger partial charge < -0.3 is 5.11 Å². The van der Waals surface area contributed by atoms with Gasteiger partial charge in [0.05, 0.1) is 5.56 Å². The Bertz CT molecular complexity index is 395. The first kappa shape index (κ1) is 11.1. The predicted molar refractivity (Wildman–Crippen MR) is 52.7 cm³/mol. The molecular weight excluding hydrogens is 196 g/mol. The van der Waals surface area contributed by atoms with E-state index in [0.29, 0.717) is 0 Å². The van der Waals surface area contributed by atoms with Crippen LogP contribution in [-0.4, -0.2) is 23.1 Å². The number of aromatic carboxylic acids is 1. The van der Waals surface area contributed by atoms with Crippen molar-refractivity contribution in [2.75, 3.05) is 0 Å². The van der Waals surface area contributed by atoms with Crippen LogP contribution in [0.2, 0.25) is 0 Å². The molecular formula is C11H9O4. The number of ketones is 1. The van der Waals surface area contributed by atoms with Gasteiger partial charge in [-0.05, 0) is 6.07 Å². The van der Waals surface area contributed by atoms with E-state index in [-0.39, 0.29) is 29.8 Å². The van der Waals surface area contributed by atoms with Gasteiger partial charge in [-0.25, -0.2) is 4.79 Å². The maximum atomic E-state index is 11.5. The molecule has 0 unspecified atom stereocenters. The first-order valence-corrected chi connectivity index (χ1v) is 4.37. The molecule has 0 saturated carbocycles. The van der Waals surface area contributed by atoms with Crippen molar-refractivity contribution < 1.29 is 19.5 Å². The normalized spacial score (nSPS) is 9.60. The lowest BCUT2D eigenvalue weighted by Crippen LogP contribution is -2.08. The lowest BCUT2D eigenvalue weighted by atomic mass is 10.0. The number of carbonyl (C=O) groups is 2. The molecule has 0 fully saturated rings. The number of Topliss-reactive ketones (excluding diaryl/α,β-unsaturated/α-hetero) is 1. The summed E-state index contributed by atoms with van der Waals surface area (Å²) in [6.45, 7) is 0. The van der Waals surface area contributed by atoms with E-state index in [2.05, 4.69) is 0 Å². The van der Waals surface area contributed by atoms with Crippen LogP contribution < -0.4 is 0 Å². The maximum absolute atomic E-state index is 11.5. The van der Waals surface area contributed by atoms with Crippen LogP contribution in [0.1, 0.15) is 33.6 Å². The van der Waals surface area contributed by atoms with Crippen LogP contribution in [0.3, 0.4) is 0 Å². The van der Waals surface area contributed by atoms with Crippen LogP contribution in [0, 0.1) is 0 Å². The lowest BCUT2D eigenvalue weighted by molar-refractivity contribution is 0.0692. The van der Waals surface area contributed by atoms with Gasteiger partial charge in [0.25, 0.3) is 0 Å². The second kappa shape index (κ2) is 5.05. The highest BCUT2D eigenvalue weighted by molar-refractivity contribution is 6.06. The molecule has 4 nitrogen and oxygen atoms in total. The summed E-state index contributed by atoms with van der Waals surface area (Å²) in [5.74, 6) is -1.50. The molecule has 1 radical (unpaired) electrons. The van der Waals surface area contributed by atoms with Gasteiger partial charge in [0.1, 0.15) is 0 Å². The summed E-state index contributed by atoms with van der Waals surface area (Å²) in [5.41, 5.74) is 0.105. The van der Waals surface area contributed by atoms with Crippen LogP contribution in [-0.2, 0) is 4.79 Å². The lowest BCUT2D eigenvalue weighted by Gasteiger charge is -2.02. The molecule has 0 amide bonds. The Labute approximate surface area is 86.5 Å². The third-order valence-corrected chi connectivity index (χ3v) is 1.91. The molecule has 4 heteroatoms. The Morgan fingerprint density at radius 2 is 1.80 bits per heavy atom. The molecule has 0 heterocycles. The van der Waals surface area contributed by atoms with Gasteiger partial charge in [-0.2, -0.15) is 0 Å². The van der Waals surface area contributed by atoms with Gasteiger partial charge in [0, 0.05) is 18.4 Å². The minimum absolute atomic E-state index is 0.00616. The van der Waals surface area contributed by atoms with Crippen LogP contribution in [0.5, 0.6) is 0 Å². The number of carboxylic acid groups (broad SMARTS) is 1. The molecule has 0 saturated heterocycles. The monoisotopic (exact) mass is 205 g/mol. The first-order chi connectivity index (χ1) is 7.16. The summed E-state index contributed by atoms with van der Waals surface area (Å²) >= 11 is 0. The Kier molecular flexibility index (Phi) is 3.74. The largest absolute Gasteiger partial charge is 0.478 e. The summed E-state index contributed by atoms with van der Waals surface area (Å²) in [6, 6.07) is 5.94. The summed E-state index contributed by atoms with van der Waals surface area (Å²) in [4.78, 5) is 32.2. The maximum Gasteiger partial charge on any atom is 0.336 e. The SMILES string of the molecule is O=[C]CCC(=O)c1ccccc1C(=O)O. The van der Waals surface area contributed by atoms with Gasteiger partial charge in [-0.3, -0.25) is 9.59 Å². The predicted octanol–water partition coefficient (Wildman–Crippen LogP) is 1.46. The van der Waals surface area contributed by atoms with Gasteiger partial charge in [0.15, 0.2) is 12.1 Å². The Hall–Kier alpha value is -1.97. The van der Waals surface area contributed by atoms with E-state index in [1.165, 1.54) is 12.1 Å². The van der Waals surface area contributed by atoms with Crippen LogP contribution in [0.4, 0.5) is 0 Å². The smallest absolute Gasteiger partial charge is 0.336 e. The molecule has 1 N–H and O–H groups in total. The molecule has 1 aromatic rings. The van der Waals surface area contributed by atoms with Crippen molar-refractivity contribution in [1.29, 1.82) is 0 Å². The molecule has 0 atom stereocenters. The second-order valence-electron chi connectivity index (χ2n) is 2.92. The fraction of sp³-hybridized carbons (Fsp3) is 0.182. The number of carbonyl (C=O) groups excluding carboxylic acids is 2. The van der Waals surface area contributed by atoms with E-state index in [9.17, 15) is 14.4 Å². The van der Waals surface area contributed by atoms with Gasteiger partial charge in [-0.1, -0.05) is 18.2 Å². The van der Waals surface area contributed by atoms with Crippen molar-refractivity contribution in [3.63, 3.8) is 0 Å². The molecule has 1 rings (SSSR count). The highest BCUT2D eigenvalue weighted by atomic mass is 16.4. The van der Waals surface area contributed by atoms with E-state index >= 15 is 0 Å². The van der Waals surface area contributed by atoms with Gasteiger partial charge in [0.2, 0.25) is 0 Å². The highest BCUT2D eigenvalue weighted by Gasteiger charge is 2.14. The van der Waals surface area contributed by atoms with Crippen molar-refractivity contribution in [1.82, 2.24) is 0 Å². The molecule has 0 spiro atoms. The molecule has 0 bridgehead atoms. The summed E-state index contributed by atoms with van der Waals surface area (Å²) in [7, 11) is 0. The number of hydrogen-bond donors (Lipinski definition) is 1. The summed E-state index contributed by atoms with van der Waals surface area (Å²) in [5, 5.41) is 8.81. The molecule has 0 aliphatic heterocycles.